The Bertz CT molecular complexity index is 771. The molecule has 9 heteroatoms. The highest BCUT2D eigenvalue weighted by atomic mass is 32.2. The predicted octanol–water partition coefficient (Wildman–Crippen LogP) is 2.25. The number of aldehydes is 1. The monoisotopic (exact) mass is 316 g/mol. The summed E-state index contributed by atoms with van der Waals surface area (Å²) in [6.07, 6.45) is 1.81. The fourth-order valence-electron chi connectivity index (χ4n) is 1.49. The SMILES string of the molecule is O=Cc1ccnc(-c2ccc(S(=O)(=O)C(F)(F)F)cc2)n1. The number of benzene rings is 1. The van der Waals surface area contributed by atoms with E-state index in [1.165, 1.54) is 12.3 Å². The molecule has 0 saturated carbocycles. The van der Waals surface area contributed by atoms with Crippen LogP contribution in [0.2, 0.25) is 0 Å². The van der Waals surface area contributed by atoms with Gasteiger partial charge in [-0.2, -0.15) is 13.2 Å². The van der Waals surface area contributed by atoms with E-state index in [1.54, 1.807) is 0 Å². The number of nitrogens with zero attached hydrogens (tertiary/aromatic N) is 2. The van der Waals surface area contributed by atoms with Crippen LogP contribution in [0.1, 0.15) is 10.5 Å². The van der Waals surface area contributed by atoms with Crippen LogP contribution in [0, 0.1) is 0 Å². The molecule has 0 aliphatic rings. The molecule has 110 valence electrons. The van der Waals surface area contributed by atoms with Crippen LogP contribution in [0.25, 0.3) is 11.4 Å². The van der Waals surface area contributed by atoms with Crippen molar-refractivity contribution in [1.82, 2.24) is 9.97 Å². The summed E-state index contributed by atoms with van der Waals surface area (Å²) in [5, 5.41) is 0. The summed E-state index contributed by atoms with van der Waals surface area (Å²) >= 11 is 0. The first-order valence-electron chi connectivity index (χ1n) is 5.46. The van der Waals surface area contributed by atoms with E-state index in [0.29, 0.717) is 11.8 Å². The van der Waals surface area contributed by atoms with Gasteiger partial charge in [-0.1, -0.05) is 0 Å². The zero-order valence-corrected chi connectivity index (χ0v) is 11.0. The minimum absolute atomic E-state index is 0.104. The van der Waals surface area contributed by atoms with E-state index < -0.39 is 20.2 Å². The van der Waals surface area contributed by atoms with Gasteiger partial charge >= 0.3 is 5.51 Å². The lowest BCUT2D eigenvalue weighted by atomic mass is 10.2. The van der Waals surface area contributed by atoms with E-state index in [4.69, 9.17) is 0 Å². The standard InChI is InChI=1S/C12H7F3N2O3S/c13-12(14,15)21(19,20)10-3-1-8(2-4-10)11-16-6-5-9(7-18)17-11/h1-7H. The van der Waals surface area contributed by atoms with E-state index in [1.807, 2.05) is 0 Å². The van der Waals surface area contributed by atoms with Crippen molar-refractivity contribution in [2.24, 2.45) is 0 Å². The molecule has 1 heterocycles. The highest BCUT2D eigenvalue weighted by molar-refractivity contribution is 7.92. The van der Waals surface area contributed by atoms with Crippen LogP contribution in [-0.4, -0.2) is 30.2 Å². The molecule has 0 spiro atoms. The number of alkyl halides is 3. The summed E-state index contributed by atoms with van der Waals surface area (Å²) in [6.45, 7) is 0. The lowest BCUT2D eigenvalue weighted by Crippen LogP contribution is -2.23. The summed E-state index contributed by atoms with van der Waals surface area (Å²) in [6, 6.07) is 5.27. The molecule has 0 radical (unpaired) electrons. The van der Waals surface area contributed by atoms with Crippen molar-refractivity contribution in [3.8, 4) is 11.4 Å². The molecule has 2 rings (SSSR count). The van der Waals surface area contributed by atoms with Crippen LogP contribution in [0.5, 0.6) is 0 Å². The first-order valence-corrected chi connectivity index (χ1v) is 6.94. The van der Waals surface area contributed by atoms with Gasteiger partial charge in [0.05, 0.1) is 4.90 Å². The summed E-state index contributed by atoms with van der Waals surface area (Å²) < 4.78 is 59.6. The van der Waals surface area contributed by atoms with Crippen molar-refractivity contribution in [3.63, 3.8) is 0 Å². The maximum Gasteiger partial charge on any atom is 0.501 e. The second kappa shape index (κ2) is 5.24. The minimum Gasteiger partial charge on any atom is -0.296 e. The van der Waals surface area contributed by atoms with Crippen LogP contribution in [0.3, 0.4) is 0 Å². The number of aromatic nitrogens is 2. The zero-order chi connectivity index (χ0) is 15.7. The third kappa shape index (κ3) is 2.92. The number of rotatable bonds is 3. The Balaban J connectivity index is 2.42. The molecule has 21 heavy (non-hydrogen) atoms. The van der Waals surface area contributed by atoms with E-state index in [2.05, 4.69) is 9.97 Å². The minimum atomic E-state index is -5.39. The number of sulfone groups is 1. The largest absolute Gasteiger partial charge is 0.501 e. The quantitative estimate of drug-likeness (QED) is 0.812. The van der Waals surface area contributed by atoms with E-state index in [0.717, 1.165) is 24.3 Å². The molecular formula is C12H7F3N2O3S. The molecular weight excluding hydrogens is 309 g/mol. The van der Waals surface area contributed by atoms with Crippen LogP contribution in [0.15, 0.2) is 41.4 Å². The molecule has 1 aromatic carbocycles. The number of carbonyl (C=O) groups excluding carboxylic acids is 1. The van der Waals surface area contributed by atoms with Crippen molar-refractivity contribution >= 4 is 16.1 Å². The summed E-state index contributed by atoms with van der Waals surface area (Å²) in [4.78, 5) is 17.4. The Morgan fingerprint density at radius 1 is 1.05 bits per heavy atom. The molecule has 0 atom stereocenters. The summed E-state index contributed by atoms with van der Waals surface area (Å²) in [7, 11) is -5.39. The maximum absolute atomic E-state index is 12.4. The number of hydrogen-bond acceptors (Lipinski definition) is 5. The fourth-order valence-corrected chi connectivity index (χ4v) is 2.26. The van der Waals surface area contributed by atoms with Gasteiger partial charge in [0.1, 0.15) is 5.69 Å². The average Bonchev–Trinajstić information content (AvgIpc) is 2.46. The van der Waals surface area contributed by atoms with Crippen LogP contribution in [0.4, 0.5) is 13.2 Å². The molecule has 5 nitrogen and oxygen atoms in total. The molecule has 2 aromatic rings. The van der Waals surface area contributed by atoms with Gasteiger partial charge < -0.3 is 0 Å². The van der Waals surface area contributed by atoms with Gasteiger partial charge in [-0.25, -0.2) is 18.4 Å². The number of hydrogen-bond donors (Lipinski definition) is 0. The predicted molar refractivity (Wildman–Crippen MR) is 66.1 cm³/mol. The van der Waals surface area contributed by atoms with Crippen molar-refractivity contribution in [3.05, 3.63) is 42.2 Å². The lowest BCUT2D eigenvalue weighted by molar-refractivity contribution is -0.0436. The van der Waals surface area contributed by atoms with Gasteiger partial charge in [-0.15, -0.1) is 0 Å². The molecule has 0 aliphatic heterocycles. The maximum atomic E-state index is 12.4. The normalized spacial score (nSPS) is 12.1. The van der Waals surface area contributed by atoms with Gasteiger partial charge in [0.25, 0.3) is 9.84 Å². The summed E-state index contributed by atoms with van der Waals surface area (Å²) in [5.41, 5.74) is -4.96. The Labute approximate surface area is 117 Å². The van der Waals surface area contributed by atoms with Gasteiger partial charge in [0.15, 0.2) is 12.1 Å². The number of halogens is 3. The second-order valence-corrected chi connectivity index (χ2v) is 5.84. The van der Waals surface area contributed by atoms with Crippen molar-refractivity contribution in [1.29, 1.82) is 0 Å². The van der Waals surface area contributed by atoms with Gasteiger partial charge in [0, 0.05) is 11.8 Å². The third-order valence-electron chi connectivity index (χ3n) is 2.53. The highest BCUT2D eigenvalue weighted by Gasteiger charge is 2.46. The Morgan fingerprint density at radius 3 is 2.19 bits per heavy atom. The fraction of sp³-hybridized carbons (Fsp3) is 0.0833. The Morgan fingerprint density at radius 2 is 1.67 bits per heavy atom. The van der Waals surface area contributed by atoms with Crippen LogP contribution in [-0.2, 0) is 9.84 Å². The first-order chi connectivity index (χ1) is 9.75. The summed E-state index contributed by atoms with van der Waals surface area (Å²) in [5.74, 6) is 0.107. The van der Waals surface area contributed by atoms with Crippen molar-refractivity contribution in [2.45, 2.75) is 10.4 Å². The highest BCUT2D eigenvalue weighted by Crippen LogP contribution is 2.30. The topological polar surface area (TPSA) is 77.0 Å². The lowest BCUT2D eigenvalue weighted by Gasteiger charge is -2.08. The van der Waals surface area contributed by atoms with Crippen LogP contribution >= 0.6 is 0 Å². The molecule has 0 fully saturated rings. The molecule has 0 unspecified atom stereocenters. The third-order valence-corrected chi connectivity index (χ3v) is 4.03. The zero-order valence-electron chi connectivity index (χ0n) is 10.2. The van der Waals surface area contributed by atoms with Crippen molar-refractivity contribution < 1.29 is 26.4 Å². The molecule has 0 bridgehead atoms. The number of carbonyl (C=O) groups is 1. The molecule has 0 amide bonds. The molecule has 0 aliphatic carbocycles. The molecule has 0 N–H and O–H groups in total. The van der Waals surface area contributed by atoms with Gasteiger partial charge in [-0.3, -0.25) is 4.79 Å². The van der Waals surface area contributed by atoms with E-state index in [-0.39, 0.29) is 11.5 Å². The van der Waals surface area contributed by atoms with Gasteiger partial charge in [-0.05, 0) is 30.3 Å². The Hall–Kier alpha value is -2.29. The van der Waals surface area contributed by atoms with Crippen LogP contribution < -0.4 is 0 Å². The smallest absolute Gasteiger partial charge is 0.296 e. The van der Waals surface area contributed by atoms with Gasteiger partial charge in [0.2, 0.25) is 0 Å². The average molecular weight is 316 g/mol. The first kappa shape index (κ1) is 15.1. The second-order valence-electron chi connectivity index (χ2n) is 3.90. The van der Waals surface area contributed by atoms with E-state index >= 15 is 0 Å². The molecule has 0 saturated heterocycles. The van der Waals surface area contributed by atoms with E-state index in [9.17, 15) is 26.4 Å². The van der Waals surface area contributed by atoms with Crippen molar-refractivity contribution in [2.75, 3.05) is 0 Å². The Kier molecular flexibility index (Phi) is 3.77. The molecule has 1 aromatic heterocycles.